The molecule has 23 heavy (non-hydrogen) atoms. The molecule has 1 aromatic carbocycles. The zero-order valence-corrected chi connectivity index (χ0v) is 12.1. The van der Waals surface area contributed by atoms with Crippen LogP contribution >= 0.6 is 0 Å². The Hall–Kier alpha value is -2.26. The number of benzene rings is 1. The number of halogens is 2. The Morgan fingerprint density at radius 1 is 1.30 bits per heavy atom. The molecule has 0 aromatic heterocycles. The second-order valence-electron chi connectivity index (χ2n) is 5.04. The Morgan fingerprint density at radius 2 is 2.09 bits per heavy atom. The van der Waals surface area contributed by atoms with E-state index in [1.807, 2.05) is 0 Å². The number of hydrogen-bond donors (Lipinski definition) is 1. The van der Waals surface area contributed by atoms with Crippen molar-refractivity contribution >= 4 is 17.5 Å². The SMILES string of the molecule is O=C(CN1C(=O)C(F)(F)Oc2ccccc21)N1CCOCCN1. The zero-order valence-electron chi connectivity index (χ0n) is 12.1. The summed E-state index contributed by atoms with van der Waals surface area (Å²) in [6.45, 7) is 0.969. The van der Waals surface area contributed by atoms with E-state index in [0.29, 0.717) is 19.8 Å². The van der Waals surface area contributed by atoms with Gasteiger partial charge in [0.2, 0.25) is 0 Å². The molecule has 2 amide bonds. The monoisotopic (exact) mass is 327 g/mol. The maximum Gasteiger partial charge on any atom is 0.482 e. The second kappa shape index (κ2) is 6.09. The molecule has 0 radical (unpaired) electrons. The molecule has 0 unspecified atom stereocenters. The number of alkyl halides is 2. The standard InChI is InChI=1S/C14H15F2N3O4/c15-14(16)13(21)18(10-3-1-2-4-11(10)23-14)9-12(20)19-6-8-22-7-5-17-19/h1-4,17H,5-9H2. The van der Waals surface area contributed by atoms with Crippen LogP contribution in [0.25, 0.3) is 0 Å². The molecule has 0 spiro atoms. The van der Waals surface area contributed by atoms with Crippen LogP contribution in [0.1, 0.15) is 0 Å². The number of nitrogens with zero attached hydrogens (tertiary/aromatic N) is 2. The van der Waals surface area contributed by atoms with Crippen LogP contribution in [0.2, 0.25) is 0 Å². The minimum absolute atomic E-state index is 0.142. The Bertz CT molecular complexity index is 618. The highest BCUT2D eigenvalue weighted by molar-refractivity contribution is 6.04. The summed E-state index contributed by atoms with van der Waals surface area (Å²) in [6, 6.07) is 5.87. The first-order valence-electron chi connectivity index (χ1n) is 7.08. The molecule has 0 atom stereocenters. The van der Waals surface area contributed by atoms with E-state index in [1.165, 1.54) is 23.2 Å². The van der Waals surface area contributed by atoms with Crippen molar-refractivity contribution in [3.63, 3.8) is 0 Å². The highest BCUT2D eigenvalue weighted by Crippen LogP contribution is 2.38. The van der Waals surface area contributed by atoms with Gasteiger partial charge in [0, 0.05) is 6.54 Å². The van der Waals surface area contributed by atoms with Gasteiger partial charge in [-0.15, -0.1) is 0 Å². The van der Waals surface area contributed by atoms with Gasteiger partial charge in [-0.25, -0.2) is 5.43 Å². The van der Waals surface area contributed by atoms with Gasteiger partial charge in [-0.05, 0) is 12.1 Å². The van der Waals surface area contributed by atoms with Crippen LogP contribution in [0.15, 0.2) is 24.3 Å². The fourth-order valence-electron chi connectivity index (χ4n) is 2.39. The van der Waals surface area contributed by atoms with Crippen LogP contribution in [-0.4, -0.2) is 55.8 Å². The third-order valence-electron chi connectivity index (χ3n) is 3.49. The third kappa shape index (κ3) is 3.10. The molecule has 9 heteroatoms. The fraction of sp³-hybridized carbons (Fsp3) is 0.429. The van der Waals surface area contributed by atoms with Gasteiger partial charge in [0.25, 0.3) is 5.91 Å². The van der Waals surface area contributed by atoms with Crippen molar-refractivity contribution in [3.05, 3.63) is 24.3 Å². The molecule has 1 N–H and O–H groups in total. The number of hydrogen-bond acceptors (Lipinski definition) is 5. The number of carbonyl (C=O) groups is 2. The average Bonchev–Trinajstić information content (AvgIpc) is 2.80. The van der Waals surface area contributed by atoms with Crippen molar-refractivity contribution in [1.82, 2.24) is 10.4 Å². The summed E-state index contributed by atoms with van der Waals surface area (Å²) in [4.78, 5) is 25.0. The molecule has 3 rings (SSSR count). The number of rotatable bonds is 2. The lowest BCUT2D eigenvalue weighted by Crippen LogP contribution is -2.55. The quantitative estimate of drug-likeness (QED) is 0.850. The summed E-state index contributed by atoms with van der Waals surface area (Å²) < 4.78 is 37.0. The van der Waals surface area contributed by atoms with Crippen LogP contribution in [0, 0.1) is 0 Å². The lowest BCUT2D eigenvalue weighted by atomic mass is 10.2. The van der Waals surface area contributed by atoms with Crippen LogP contribution in [0.5, 0.6) is 5.75 Å². The molecular weight excluding hydrogens is 312 g/mol. The van der Waals surface area contributed by atoms with Gasteiger partial charge < -0.3 is 9.47 Å². The van der Waals surface area contributed by atoms with Gasteiger partial charge in [-0.2, -0.15) is 8.78 Å². The highest BCUT2D eigenvalue weighted by Gasteiger charge is 2.51. The summed E-state index contributed by atoms with van der Waals surface area (Å²) in [5.74, 6) is -2.20. The zero-order chi connectivity index (χ0) is 16.4. The van der Waals surface area contributed by atoms with Gasteiger partial charge in [-0.3, -0.25) is 19.5 Å². The Kier molecular flexibility index (Phi) is 4.14. The first-order valence-corrected chi connectivity index (χ1v) is 7.08. The molecule has 1 aromatic rings. The largest absolute Gasteiger partial charge is 0.482 e. The molecule has 7 nitrogen and oxygen atoms in total. The number of amides is 2. The molecule has 2 aliphatic rings. The van der Waals surface area contributed by atoms with E-state index in [-0.39, 0.29) is 18.0 Å². The van der Waals surface area contributed by atoms with Gasteiger partial charge in [0.15, 0.2) is 5.75 Å². The van der Waals surface area contributed by atoms with E-state index in [1.54, 1.807) is 6.07 Å². The average molecular weight is 327 g/mol. The van der Waals surface area contributed by atoms with Gasteiger partial charge >= 0.3 is 12.0 Å². The minimum Gasteiger partial charge on any atom is -0.423 e. The first-order chi connectivity index (χ1) is 11.0. The Labute approximate surface area is 130 Å². The molecule has 0 aliphatic carbocycles. The van der Waals surface area contributed by atoms with E-state index < -0.39 is 24.5 Å². The normalized spacial score (nSPS) is 20.5. The number of para-hydroxylation sites is 2. The fourth-order valence-corrected chi connectivity index (χ4v) is 2.39. The molecule has 0 saturated carbocycles. The maximum absolute atomic E-state index is 13.7. The van der Waals surface area contributed by atoms with E-state index in [2.05, 4.69) is 10.2 Å². The molecule has 2 heterocycles. The predicted octanol–water partition coefficient (Wildman–Crippen LogP) is 0.368. The van der Waals surface area contributed by atoms with Crippen molar-refractivity contribution in [2.45, 2.75) is 6.11 Å². The summed E-state index contributed by atoms with van der Waals surface area (Å²) in [5.41, 5.74) is 2.97. The summed E-state index contributed by atoms with van der Waals surface area (Å²) in [5, 5.41) is 1.27. The van der Waals surface area contributed by atoms with E-state index >= 15 is 0 Å². The molecule has 1 saturated heterocycles. The summed E-state index contributed by atoms with van der Waals surface area (Å²) in [7, 11) is 0. The number of hydrazine groups is 1. The van der Waals surface area contributed by atoms with Gasteiger partial charge in [0.05, 0.1) is 25.4 Å². The van der Waals surface area contributed by atoms with Crippen molar-refractivity contribution in [1.29, 1.82) is 0 Å². The third-order valence-corrected chi connectivity index (χ3v) is 3.49. The Balaban J connectivity index is 1.82. The molecule has 0 bridgehead atoms. The minimum atomic E-state index is -4.00. The number of nitrogens with one attached hydrogen (secondary N) is 1. The molecule has 2 aliphatic heterocycles. The van der Waals surface area contributed by atoms with Crippen molar-refractivity contribution in [3.8, 4) is 5.75 Å². The van der Waals surface area contributed by atoms with E-state index in [0.717, 1.165) is 4.90 Å². The van der Waals surface area contributed by atoms with Crippen LogP contribution < -0.4 is 15.1 Å². The Morgan fingerprint density at radius 3 is 2.91 bits per heavy atom. The number of carbonyl (C=O) groups excluding carboxylic acids is 2. The number of fused-ring (bicyclic) bond motifs is 1. The van der Waals surface area contributed by atoms with Crippen LogP contribution in [0.3, 0.4) is 0 Å². The molecular formula is C14H15F2N3O4. The second-order valence-corrected chi connectivity index (χ2v) is 5.04. The lowest BCUT2D eigenvalue weighted by Gasteiger charge is -2.34. The highest BCUT2D eigenvalue weighted by atomic mass is 19.3. The van der Waals surface area contributed by atoms with Gasteiger partial charge in [-0.1, -0.05) is 12.1 Å². The maximum atomic E-state index is 13.7. The predicted molar refractivity (Wildman–Crippen MR) is 74.9 cm³/mol. The van der Waals surface area contributed by atoms with E-state index in [9.17, 15) is 18.4 Å². The van der Waals surface area contributed by atoms with Crippen LogP contribution in [0.4, 0.5) is 14.5 Å². The van der Waals surface area contributed by atoms with Gasteiger partial charge in [0.1, 0.15) is 6.54 Å². The van der Waals surface area contributed by atoms with Crippen molar-refractivity contribution < 1.29 is 27.8 Å². The topological polar surface area (TPSA) is 71.1 Å². The van der Waals surface area contributed by atoms with Crippen molar-refractivity contribution in [2.24, 2.45) is 0 Å². The first kappa shape index (κ1) is 15.6. The number of ether oxygens (including phenoxy) is 2. The summed E-state index contributed by atoms with van der Waals surface area (Å²) >= 11 is 0. The molecule has 1 fully saturated rings. The summed E-state index contributed by atoms with van der Waals surface area (Å²) in [6.07, 6.45) is -4.00. The molecule has 124 valence electrons. The smallest absolute Gasteiger partial charge is 0.423 e. The lowest BCUT2D eigenvalue weighted by molar-refractivity contribution is -0.193. The van der Waals surface area contributed by atoms with Crippen molar-refractivity contribution in [2.75, 3.05) is 37.7 Å². The van der Waals surface area contributed by atoms with E-state index in [4.69, 9.17) is 4.74 Å². The van der Waals surface area contributed by atoms with Crippen LogP contribution in [-0.2, 0) is 14.3 Å². The number of anilines is 1.